The van der Waals surface area contributed by atoms with Crippen molar-refractivity contribution >= 4 is 10.9 Å². The van der Waals surface area contributed by atoms with E-state index in [2.05, 4.69) is 10.3 Å². The van der Waals surface area contributed by atoms with Crippen LogP contribution in [-0.4, -0.2) is 35.4 Å². The molecule has 2 aromatic rings. The Bertz CT molecular complexity index is 554. The molecule has 1 unspecified atom stereocenters. The van der Waals surface area contributed by atoms with Gasteiger partial charge in [-0.05, 0) is 37.7 Å². The van der Waals surface area contributed by atoms with Crippen LogP contribution in [0.4, 0.5) is 0 Å². The van der Waals surface area contributed by atoms with Crippen LogP contribution in [0.25, 0.3) is 10.9 Å². The summed E-state index contributed by atoms with van der Waals surface area (Å²) < 4.78 is 5.87. The van der Waals surface area contributed by atoms with E-state index >= 15 is 0 Å². The van der Waals surface area contributed by atoms with Gasteiger partial charge in [0, 0.05) is 23.5 Å². The summed E-state index contributed by atoms with van der Waals surface area (Å²) >= 11 is 0. The number of pyridine rings is 1. The first-order valence-electron chi connectivity index (χ1n) is 7.01. The number of aliphatic hydroxyl groups is 1. The number of benzene rings is 1. The highest BCUT2D eigenvalue weighted by molar-refractivity contribution is 5.84. The minimum atomic E-state index is -0.294. The van der Waals surface area contributed by atoms with E-state index in [4.69, 9.17) is 4.74 Å². The second kappa shape index (κ2) is 6.68. The van der Waals surface area contributed by atoms with E-state index in [-0.39, 0.29) is 12.1 Å². The lowest BCUT2D eigenvalue weighted by molar-refractivity contribution is 0.146. The third-order valence-electron chi connectivity index (χ3n) is 3.47. The largest absolute Gasteiger partial charge is 0.493 e. The van der Waals surface area contributed by atoms with Gasteiger partial charge in [-0.3, -0.25) is 4.98 Å². The minimum Gasteiger partial charge on any atom is -0.493 e. The van der Waals surface area contributed by atoms with E-state index in [9.17, 15) is 5.11 Å². The molecule has 108 valence electrons. The number of hydrogen-bond donors (Lipinski definition) is 2. The number of nitrogens with zero attached hydrogens (tertiary/aromatic N) is 1. The molecule has 0 aliphatic heterocycles. The zero-order valence-corrected chi connectivity index (χ0v) is 12.1. The van der Waals surface area contributed by atoms with Crippen LogP contribution in [0.5, 0.6) is 5.75 Å². The average Bonchev–Trinajstić information content (AvgIpc) is 2.48. The third kappa shape index (κ3) is 3.46. The van der Waals surface area contributed by atoms with Gasteiger partial charge in [-0.25, -0.2) is 0 Å². The molecule has 1 atom stereocenters. The molecule has 0 amide bonds. The van der Waals surface area contributed by atoms with Crippen molar-refractivity contribution in [1.29, 1.82) is 0 Å². The van der Waals surface area contributed by atoms with Crippen LogP contribution < -0.4 is 10.1 Å². The fourth-order valence-corrected chi connectivity index (χ4v) is 2.24. The molecule has 2 N–H and O–H groups in total. The van der Waals surface area contributed by atoms with Gasteiger partial charge in [-0.1, -0.05) is 13.0 Å². The highest BCUT2D eigenvalue weighted by atomic mass is 16.5. The zero-order valence-electron chi connectivity index (χ0n) is 12.1. The van der Waals surface area contributed by atoms with Crippen molar-refractivity contribution in [2.45, 2.75) is 25.8 Å². The summed E-state index contributed by atoms with van der Waals surface area (Å²) in [5, 5.41) is 13.8. The molecule has 1 aromatic heterocycles. The SMILES string of the molecule is CCNC(C)(CO)CCOc1cccc2ncccc12. The van der Waals surface area contributed by atoms with E-state index in [0.29, 0.717) is 6.61 Å². The molecule has 0 aliphatic carbocycles. The Morgan fingerprint density at radius 3 is 2.90 bits per heavy atom. The summed E-state index contributed by atoms with van der Waals surface area (Å²) in [5.41, 5.74) is 0.638. The van der Waals surface area contributed by atoms with Crippen LogP contribution in [0, 0.1) is 0 Å². The van der Waals surface area contributed by atoms with Gasteiger partial charge in [0.05, 0.1) is 18.7 Å². The fraction of sp³-hybridized carbons (Fsp3) is 0.438. The molecule has 20 heavy (non-hydrogen) atoms. The predicted molar refractivity (Wildman–Crippen MR) is 81.0 cm³/mol. The molecule has 0 aliphatic rings. The van der Waals surface area contributed by atoms with Crippen molar-refractivity contribution in [2.24, 2.45) is 0 Å². The van der Waals surface area contributed by atoms with Gasteiger partial charge >= 0.3 is 0 Å². The topological polar surface area (TPSA) is 54.4 Å². The van der Waals surface area contributed by atoms with Crippen LogP contribution in [0.1, 0.15) is 20.3 Å². The summed E-state index contributed by atoms with van der Waals surface area (Å²) in [6.07, 6.45) is 2.52. The van der Waals surface area contributed by atoms with E-state index in [1.165, 1.54) is 0 Å². The Morgan fingerprint density at radius 2 is 2.15 bits per heavy atom. The predicted octanol–water partition coefficient (Wildman–Crippen LogP) is 2.36. The van der Waals surface area contributed by atoms with E-state index in [0.717, 1.165) is 29.6 Å². The molecule has 0 fully saturated rings. The van der Waals surface area contributed by atoms with Crippen LogP contribution in [0.2, 0.25) is 0 Å². The Kier molecular flexibility index (Phi) is 4.93. The quantitative estimate of drug-likeness (QED) is 0.814. The van der Waals surface area contributed by atoms with Crippen LogP contribution >= 0.6 is 0 Å². The van der Waals surface area contributed by atoms with Gasteiger partial charge in [-0.2, -0.15) is 0 Å². The summed E-state index contributed by atoms with van der Waals surface area (Å²) in [7, 11) is 0. The van der Waals surface area contributed by atoms with Crippen molar-refractivity contribution in [3.63, 3.8) is 0 Å². The number of ether oxygens (including phenoxy) is 1. The monoisotopic (exact) mass is 274 g/mol. The Hall–Kier alpha value is -1.65. The molecule has 2 rings (SSSR count). The van der Waals surface area contributed by atoms with Gasteiger partial charge in [0.15, 0.2) is 0 Å². The first-order chi connectivity index (χ1) is 9.68. The van der Waals surface area contributed by atoms with Crippen LogP contribution in [0.3, 0.4) is 0 Å². The molecule has 0 bridgehead atoms. The molecule has 4 heteroatoms. The maximum absolute atomic E-state index is 9.46. The van der Waals surface area contributed by atoms with Gasteiger partial charge in [0.2, 0.25) is 0 Å². The van der Waals surface area contributed by atoms with Crippen molar-refractivity contribution in [1.82, 2.24) is 10.3 Å². The molecule has 0 spiro atoms. The number of nitrogens with one attached hydrogen (secondary N) is 1. The highest BCUT2D eigenvalue weighted by Crippen LogP contribution is 2.24. The number of hydrogen-bond acceptors (Lipinski definition) is 4. The van der Waals surface area contributed by atoms with Crippen molar-refractivity contribution in [2.75, 3.05) is 19.8 Å². The molecule has 1 heterocycles. The van der Waals surface area contributed by atoms with E-state index in [1.807, 2.05) is 44.2 Å². The standard InChI is InChI=1S/C16H22N2O2/c1-3-18-16(2,12-19)9-11-20-15-8-4-7-14-13(15)6-5-10-17-14/h4-8,10,18-19H,3,9,11-12H2,1-2H3. The molecule has 1 aromatic carbocycles. The third-order valence-corrected chi connectivity index (χ3v) is 3.47. The number of aliphatic hydroxyl groups excluding tert-OH is 1. The Balaban J connectivity index is 2.03. The lowest BCUT2D eigenvalue weighted by atomic mass is 10.00. The van der Waals surface area contributed by atoms with E-state index < -0.39 is 0 Å². The molecule has 0 saturated carbocycles. The van der Waals surface area contributed by atoms with Crippen molar-refractivity contribution in [3.8, 4) is 5.75 Å². The van der Waals surface area contributed by atoms with Crippen molar-refractivity contribution < 1.29 is 9.84 Å². The van der Waals surface area contributed by atoms with Gasteiger partial charge in [0.25, 0.3) is 0 Å². The maximum atomic E-state index is 9.46. The minimum absolute atomic E-state index is 0.0985. The fourth-order valence-electron chi connectivity index (χ4n) is 2.24. The lowest BCUT2D eigenvalue weighted by Gasteiger charge is -2.28. The number of likely N-dealkylation sites (N-methyl/N-ethyl adjacent to an activating group) is 1. The number of fused-ring (bicyclic) bond motifs is 1. The molecular weight excluding hydrogens is 252 g/mol. The molecule has 4 nitrogen and oxygen atoms in total. The molecule has 0 radical (unpaired) electrons. The zero-order chi connectivity index (χ0) is 14.4. The first kappa shape index (κ1) is 14.8. The Morgan fingerprint density at radius 1 is 1.30 bits per heavy atom. The second-order valence-corrected chi connectivity index (χ2v) is 5.17. The smallest absolute Gasteiger partial charge is 0.128 e. The summed E-state index contributed by atoms with van der Waals surface area (Å²) in [4.78, 5) is 4.31. The van der Waals surface area contributed by atoms with Gasteiger partial charge < -0.3 is 15.2 Å². The lowest BCUT2D eigenvalue weighted by Crippen LogP contribution is -2.46. The van der Waals surface area contributed by atoms with Gasteiger partial charge in [0.1, 0.15) is 5.75 Å². The first-order valence-corrected chi connectivity index (χ1v) is 7.01. The van der Waals surface area contributed by atoms with Crippen molar-refractivity contribution in [3.05, 3.63) is 36.5 Å². The molecular formula is C16H22N2O2. The number of aromatic nitrogens is 1. The van der Waals surface area contributed by atoms with Crippen LogP contribution in [-0.2, 0) is 0 Å². The summed E-state index contributed by atoms with van der Waals surface area (Å²) in [5.74, 6) is 0.840. The average molecular weight is 274 g/mol. The van der Waals surface area contributed by atoms with Crippen LogP contribution in [0.15, 0.2) is 36.5 Å². The highest BCUT2D eigenvalue weighted by Gasteiger charge is 2.21. The number of rotatable bonds is 7. The Labute approximate surface area is 119 Å². The summed E-state index contributed by atoms with van der Waals surface area (Å²) in [6.45, 7) is 5.52. The second-order valence-electron chi connectivity index (χ2n) is 5.17. The van der Waals surface area contributed by atoms with Gasteiger partial charge in [-0.15, -0.1) is 0 Å². The molecule has 0 saturated heterocycles. The van der Waals surface area contributed by atoms with E-state index in [1.54, 1.807) is 6.20 Å². The normalized spacial score (nSPS) is 14.2. The maximum Gasteiger partial charge on any atom is 0.128 e. The summed E-state index contributed by atoms with van der Waals surface area (Å²) in [6, 6.07) is 9.78.